The minimum Gasteiger partial charge on any atom is -0.353 e. The Labute approximate surface area is 106 Å². The van der Waals surface area contributed by atoms with Crippen LogP contribution in [0.3, 0.4) is 0 Å². The third-order valence-corrected chi connectivity index (χ3v) is 3.51. The molecular formula is C12H18N4O2. The van der Waals surface area contributed by atoms with Crippen LogP contribution >= 0.6 is 0 Å². The smallest absolute Gasteiger partial charge is 0.287 e. The molecule has 2 N–H and O–H groups in total. The van der Waals surface area contributed by atoms with Gasteiger partial charge in [0, 0.05) is 18.7 Å². The van der Waals surface area contributed by atoms with E-state index in [1.165, 1.54) is 6.20 Å². The average Bonchev–Trinajstić information content (AvgIpc) is 2.70. The number of nitrogens with zero attached hydrogens (tertiary/aromatic N) is 3. The van der Waals surface area contributed by atoms with Crippen LogP contribution in [0.2, 0.25) is 0 Å². The van der Waals surface area contributed by atoms with Crippen LogP contribution in [0.1, 0.15) is 18.9 Å². The Kier molecular flexibility index (Phi) is 3.47. The summed E-state index contributed by atoms with van der Waals surface area (Å²) < 4.78 is 0. The van der Waals surface area contributed by atoms with Crippen molar-refractivity contribution in [1.29, 1.82) is 0 Å². The molecule has 2 rings (SSSR count). The molecule has 1 aliphatic rings. The van der Waals surface area contributed by atoms with E-state index >= 15 is 0 Å². The lowest BCUT2D eigenvalue weighted by atomic mass is 10.1. The monoisotopic (exact) mass is 250 g/mol. The van der Waals surface area contributed by atoms with Crippen molar-refractivity contribution in [3.8, 4) is 0 Å². The predicted molar refractivity (Wildman–Crippen MR) is 69.6 cm³/mol. The van der Waals surface area contributed by atoms with Crippen molar-refractivity contribution >= 4 is 11.5 Å². The Morgan fingerprint density at radius 1 is 1.67 bits per heavy atom. The Hall–Kier alpha value is -1.69. The van der Waals surface area contributed by atoms with E-state index in [4.69, 9.17) is 5.73 Å². The zero-order valence-electron chi connectivity index (χ0n) is 10.7. The van der Waals surface area contributed by atoms with Gasteiger partial charge in [0.1, 0.15) is 12.0 Å². The number of nitrogens with two attached hydrogens (primary N) is 1. The van der Waals surface area contributed by atoms with Crippen LogP contribution in [0.4, 0.5) is 11.5 Å². The van der Waals surface area contributed by atoms with Crippen LogP contribution < -0.4 is 10.6 Å². The van der Waals surface area contributed by atoms with Crippen molar-refractivity contribution < 1.29 is 4.92 Å². The van der Waals surface area contributed by atoms with E-state index in [-0.39, 0.29) is 5.69 Å². The van der Waals surface area contributed by atoms with Crippen LogP contribution in [-0.4, -0.2) is 29.0 Å². The van der Waals surface area contributed by atoms with Crippen LogP contribution in [0.15, 0.2) is 12.3 Å². The van der Waals surface area contributed by atoms with Gasteiger partial charge in [-0.1, -0.05) is 0 Å². The van der Waals surface area contributed by atoms with E-state index < -0.39 is 4.92 Å². The predicted octanol–water partition coefficient (Wildman–Crippen LogP) is 1.47. The molecule has 1 saturated heterocycles. The summed E-state index contributed by atoms with van der Waals surface area (Å²) >= 11 is 0. The third kappa shape index (κ3) is 2.28. The number of pyridine rings is 1. The summed E-state index contributed by atoms with van der Waals surface area (Å²) in [6.07, 6.45) is 2.37. The van der Waals surface area contributed by atoms with E-state index in [1.807, 2.05) is 6.92 Å². The highest BCUT2D eigenvalue weighted by atomic mass is 16.6. The van der Waals surface area contributed by atoms with Gasteiger partial charge in [0.05, 0.1) is 4.92 Å². The van der Waals surface area contributed by atoms with E-state index in [1.54, 1.807) is 6.07 Å². The van der Waals surface area contributed by atoms with Crippen molar-refractivity contribution in [2.45, 2.75) is 26.3 Å². The van der Waals surface area contributed by atoms with Gasteiger partial charge in [0.15, 0.2) is 0 Å². The van der Waals surface area contributed by atoms with Crippen LogP contribution in [-0.2, 0) is 0 Å². The molecule has 0 radical (unpaired) electrons. The maximum Gasteiger partial charge on any atom is 0.287 e. The minimum absolute atomic E-state index is 0.0403. The largest absolute Gasteiger partial charge is 0.353 e. The number of aryl methyl sites for hydroxylation is 1. The standard InChI is InChI=1S/C12H18N4O2/c1-8-3-11(16(17)18)6-14-12(8)15-7-10(5-13)4-9(15)2/h3,6,9-10H,4-5,7,13H2,1-2H3. The summed E-state index contributed by atoms with van der Waals surface area (Å²) in [6.45, 7) is 5.55. The summed E-state index contributed by atoms with van der Waals surface area (Å²) in [5.41, 5.74) is 6.58. The van der Waals surface area contributed by atoms with E-state index in [0.717, 1.165) is 24.3 Å². The van der Waals surface area contributed by atoms with Crippen molar-refractivity contribution in [3.05, 3.63) is 27.9 Å². The van der Waals surface area contributed by atoms with Crippen molar-refractivity contribution in [3.63, 3.8) is 0 Å². The van der Waals surface area contributed by atoms with E-state index in [0.29, 0.717) is 18.5 Å². The highest BCUT2D eigenvalue weighted by Crippen LogP contribution is 2.30. The van der Waals surface area contributed by atoms with E-state index in [9.17, 15) is 10.1 Å². The number of rotatable bonds is 3. The molecule has 1 fully saturated rings. The Balaban J connectivity index is 2.26. The first-order chi connectivity index (χ1) is 8.52. The van der Waals surface area contributed by atoms with Crippen molar-refractivity contribution in [2.75, 3.05) is 18.0 Å². The van der Waals surface area contributed by atoms with E-state index in [2.05, 4.69) is 16.8 Å². The van der Waals surface area contributed by atoms with Gasteiger partial charge in [-0.15, -0.1) is 0 Å². The molecule has 2 atom stereocenters. The lowest BCUT2D eigenvalue weighted by molar-refractivity contribution is -0.385. The fourth-order valence-electron chi connectivity index (χ4n) is 2.56. The number of hydrogen-bond donors (Lipinski definition) is 1. The molecule has 6 heteroatoms. The SMILES string of the molecule is Cc1cc([N+](=O)[O-])cnc1N1CC(CN)CC1C. The van der Waals surface area contributed by atoms with Gasteiger partial charge in [-0.05, 0) is 38.3 Å². The minimum atomic E-state index is -0.417. The summed E-state index contributed by atoms with van der Waals surface area (Å²) in [5.74, 6) is 1.32. The van der Waals surface area contributed by atoms with Gasteiger partial charge in [-0.2, -0.15) is 0 Å². The highest BCUT2D eigenvalue weighted by molar-refractivity contribution is 5.52. The van der Waals surface area contributed by atoms with Crippen molar-refractivity contribution in [2.24, 2.45) is 11.7 Å². The molecule has 0 spiro atoms. The maximum atomic E-state index is 10.7. The second-order valence-electron chi connectivity index (χ2n) is 4.93. The van der Waals surface area contributed by atoms with Crippen LogP contribution in [0.5, 0.6) is 0 Å². The second kappa shape index (κ2) is 4.89. The lowest BCUT2D eigenvalue weighted by Gasteiger charge is -2.24. The molecule has 0 aliphatic carbocycles. The molecule has 1 aliphatic heterocycles. The van der Waals surface area contributed by atoms with Gasteiger partial charge < -0.3 is 10.6 Å². The Bertz CT molecular complexity index is 463. The molecule has 2 unspecified atom stereocenters. The van der Waals surface area contributed by atoms with Crippen molar-refractivity contribution in [1.82, 2.24) is 4.98 Å². The molecule has 0 amide bonds. The average molecular weight is 250 g/mol. The molecule has 0 bridgehead atoms. The van der Waals surface area contributed by atoms with Gasteiger partial charge >= 0.3 is 0 Å². The highest BCUT2D eigenvalue weighted by Gasteiger charge is 2.30. The molecular weight excluding hydrogens is 232 g/mol. The Morgan fingerprint density at radius 2 is 2.39 bits per heavy atom. The molecule has 18 heavy (non-hydrogen) atoms. The molecule has 1 aromatic rings. The Morgan fingerprint density at radius 3 is 2.89 bits per heavy atom. The number of aromatic nitrogens is 1. The summed E-state index contributed by atoms with van der Waals surface area (Å²) in [7, 11) is 0. The second-order valence-corrected chi connectivity index (χ2v) is 4.93. The van der Waals surface area contributed by atoms with Crippen LogP contribution in [0, 0.1) is 23.0 Å². The third-order valence-electron chi connectivity index (χ3n) is 3.51. The maximum absolute atomic E-state index is 10.7. The van der Waals surface area contributed by atoms with Gasteiger partial charge in [-0.25, -0.2) is 4.98 Å². The normalized spacial score (nSPS) is 23.4. The van der Waals surface area contributed by atoms with Crippen LogP contribution in [0.25, 0.3) is 0 Å². The first-order valence-corrected chi connectivity index (χ1v) is 6.10. The zero-order chi connectivity index (χ0) is 13.3. The quantitative estimate of drug-likeness (QED) is 0.648. The molecule has 1 aromatic heterocycles. The van der Waals surface area contributed by atoms with Gasteiger partial charge in [-0.3, -0.25) is 10.1 Å². The first kappa shape index (κ1) is 12.8. The summed E-state index contributed by atoms with van der Waals surface area (Å²) in [6, 6.07) is 1.95. The number of hydrogen-bond acceptors (Lipinski definition) is 5. The number of anilines is 1. The molecule has 0 aromatic carbocycles. The van der Waals surface area contributed by atoms with Gasteiger partial charge in [0.25, 0.3) is 5.69 Å². The molecule has 6 nitrogen and oxygen atoms in total. The fourth-order valence-corrected chi connectivity index (χ4v) is 2.56. The topological polar surface area (TPSA) is 85.3 Å². The summed E-state index contributed by atoms with van der Waals surface area (Å²) in [4.78, 5) is 16.7. The molecule has 98 valence electrons. The molecule has 0 saturated carbocycles. The van der Waals surface area contributed by atoms with Gasteiger partial charge in [0.2, 0.25) is 0 Å². The molecule has 2 heterocycles. The number of nitro groups is 1. The summed E-state index contributed by atoms with van der Waals surface area (Å²) in [5, 5.41) is 10.7. The lowest BCUT2D eigenvalue weighted by Crippen LogP contribution is -2.29. The fraction of sp³-hybridized carbons (Fsp3) is 0.583. The zero-order valence-corrected chi connectivity index (χ0v) is 10.7. The first-order valence-electron chi connectivity index (χ1n) is 6.10.